The van der Waals surface area contributed by atoms with Gasteiger partial charge >= 0.3 is 0 Å². The third-order valence-electron chi connectivity index (χ3n) is 1.23. The Morgan fingerprint density at radius 1 is 1.00 bits per heavy atom. The van der Waals surface area contributed by atoms with Crippen molar-refractivity contribution >= 4 is 0 Å². The van der Waals surface area contributed by atoms with E-state index in [-0.39, 0.29) is 0 Å². The second kappa shape index (κ2) is 8.96. The van der Waals surface area contributed by atoms with Crippen molar-refractivity contribution in [3.63, 3.8) is 0 Å². The molecule has 60 valence electrons. The molecule has 0 heterocycles. The highest BCUT2D eigenvalue weighted by Crippen LogP contribution is 1.92. The van der Waals surface area contributed by atoms with Crippen molar-refractivity contribution in [2.75, 3.05) is 0 Å². The first-order valence-corrected chi connectivity index (χ1v) is 3.97. The first-order valence-electron chi connectivity index (χ1n) is 3.97. The van der Waals surface area contributed by atoms with E-state index in [1.807, 2.05) is 25.2 Å². The fraction of sp³-hybridized carbons (Fsp3) is 0.273. The van der Waals surface area contributed by atoms with Crippen LogP contribution in [0.15, 0.2) is 49.1 Å². The zero-order chi connectivity index (χ0) is 8.36. The van der Waals surface area contributed by atoms with Crippen LogP contribution in [0.2, 0.25) is 0 Å². The summed E-state index contributed by atoms with van der Waals surface area (Å²) in [5.41, 5.74) is 0. The summed E-state index contributed by atoms with van der Waals surface area (Å²) >= 11 is 0. The first kappa shape index (κ1) is 9.96. The summed E-state index contributed by atoms with van der Waals surface area (Å²) in [4.78, 5) is 0. The molecule has 0 aromatic carbocycles. The molecule has 0 bridgehead atoms. The van der Waals surface area contributed by atoms with Gasteiger partial charge < -0.3 is 0 Å². The van der Waals surface area contributed by atoms with E-state index in [2.05, 4.69) is 24.8 Å². The molecule has 0 fully saturated rings. The highest BCUT2D eigenvalue weighted by Gasteiger charge is 1.72. The second-order valence-electron chi connectivity index (χ2n) is 2.20. The third kappa shape index (κ3) is 8.96. The van der Waals surface area contributed by atoms with Crippen molar-refractivity contribution in [1.82, 2.24) is 0 Å². The molecule has 0 rings (SSSR count). The molecular formula is C11H16. The monoisotopic (exact) mass is 148 g/mol. The van der Waals surface area contributed by atoms with E-state index in [4.69, 9.17) is 0 Å². The number of hydrogen-bond donors (Lipinski definition) is 0. The fourth-order valence-corrected chi connectivity index (χ4v) is 0.677. The topological polar surface area (TPSA) is 0 Å². The Kier molecular flexibility index (Phi) is 8.11. The number of allylic oxidation sites excluding steroid dienone is 7. The molecule has 0 nitrogen and oxygen atoms in total. The lowest BCUT2D eigenvalue weighted by molar-refractivity contribution is 1.05. The largest absolute Gasteiger partial charge is 0.0991 e. The fourth-order valence-electron chi connectivity index (χ4n) is 0.677. The predicted molar refractivity (Wildman–Crippen MR) is 52.5 cm³/mol. The molecule has 0 N–H and O–H groups in total. The summed E-state index contributed by atoms with van der Waals surface area (Å²) in [6, 6.07) is 0. The minimum atomic E-state index is 1.12. The molecule has 0 amide bonds. The molecule has 0 saturated heterocycles. The summed E-state index contributed by atoms with van der Waals surface area (Å²) < 4.78 is 0. The van der Waals surface area contributed by atoms with E-state index in [0.29, 0.717) is 0 Å². The molecule has 11 heavy (non-hydrogen) atoms. The SMILES string of the molecule is C=C/C=C/C=C\CC/C=C\C. The van der Waals surface area contributed by atoms with Crippen molar-refractivity contribution < 1.29 is 0 Å². The highest BCUT2D eigenvalue weighted by atomic mass is 13.8. The number of hydrogen-bond acceptors (Lipinski definition) is 0. The van der Waals surface area contributed by atoms with Crippen LogP contribution in [0, 0.1) is 0 Å². The Morgan fingerprint density at radius 3 is 2.36 bits per heavy atom. The average molecular weight is 148 g/mol. The minimum absolute atomic E-state index is 1.12. The summed E-state index contributed by atoms with van der Waals surface area (Å²) in [5, 5.41) is 0. The van der Waals surface area contributed by atoms with Crippen LogP contribution in [0.4, 0.5) is 0 Å². The Bertz CT molecular complexity index is 159. The molecule has 0 aliphatic rings. The minimum Gasteiger partial charge on any atom is -0.0991 e. The van der Waals surface area contributed by atoms with Crippen LogP contribution in [0.3, 0.4) is 0 Å². The smallest absolute Gasteiger partial charge is 0.0313 e. The van der Waals surface area contributed by atoms with E-state index >= 15 is 0 Å². The van der Waals surface area contributed by atoms with Crippen LogP contribution < -0.4 is 0 Å². The maximum atomic E-state index is 3.58. The van der Waals surface area contributed by atoms with Crippen LogP contribution in [0.1, 0.15) is 19.8 Å². The van der Waals surface area contributed by atoms with Crippen molar-refractivity contribution in [2.24, 2.45) is 0 Å². The Balaban J connectivity index is 3.29. The van der Waals surface area contributed by atoms with Gasteiger partial charge in [-0.15, -0.1) is 0 Å². The van der Waals surface area contributed by atoms with E-state index in [1.165, 1.54) is 0 Å². The maximum absolute atomic E-state index is 3.58. The zero-order valence-corrected chi connectivity index (χ0v) is 7.16. The van der Waals surface area contributed by atoms with Gasteiger partial charge in [0.05, 0.1) is 0 Å². The van der Waals surface area contributed by atoms with Gasteiger partial charge in [0.1, 0.15) is 0 Å². The van der Waals surface area contributed by atoms with Crippen LogP contribution in [0.25, 0.3) is 0 Å². The predicted octanol–water partition coefficient (Wildman–Crippen LogP) is 3.64. The lowest BCUT2D eigenvalue weighted by atomic mass is 10.2. The molecule has 0 unspecified atom stereocenters. The molecule has 0 aliphatic carbocycles. The first-order chi connectivity index (χ1) is 5.41. The van der Waals surface area contributed by atoms with Gasteiger partial charge in [-0.3, -0.25) is 0 Å². The average Bonchev–Trinajstić information content (AvgIpc) is 2.03. The van der Waals surface area contributed by atoms with Gasteiger partial charge in [0.25, 0.3) is 0 Å². The van der Waals surface area contributed by atoms with E-state index in [0.717, 1.165) is 12.8 Å². The molecule has 0 aromatic rings. The molecule has 0 spiro atoms. The van der Waals surface area contributed by atoms with Crippen LogP contribution in [-0.4, -0.2) is 0 Å². The van der Waals surface area contributed by atoms with E-state index in [1.54, 1.807) is 6.08 Å². The van der Waals surface area contributed by atoms with Crippen molar-refractivity contribution in [3.05, 3.63) is 49.1 Å². The van der Waals surface area contributed by atoms with E-state index in [9.17, 15) is 0 Å². The van der Waals surface area contributed by atoms with Gasteiger partial charge in [-0.2, -0.15) is 0 Å². The van der Waals surface area contributed by atoms with Crippen molar-refractivity contribution in [2.45, 2.75) is 19.8 Å². The Morgan fingerprint density at radius 2 is 1.73 bits per heavy atom. The molecule has 0 aliphatic heterocycles. The van der Waals surface area contributed by atoms with Crippen molar-refractivity contribution in [1.29, 1.82) is 0 Å². The second-order valence-corrected chi connectivity index (χ2v) is 2.20. The molecule has 0 radical (unpaired) electrons. The third-order valence-corrected chi connectivity index (χ3v) is 1.23. The summed E-state index contributed by atoms with van der Waals surface area (Å²) in [6.07, 6.45) is 16.4. The lowest BCUT2D eigenvalue weighted by Crippen LogP contribution is -1.62. The maximum Gasteiger partial charge on any atom is -0.0313 e. The molecule has 0 aromatic heterocycles. The molecular weight excluding hydrogens is 132 g/mol. The molecule has 0 atom stereocenters. The lowest BCUT2D eigenvalue weighted by Gasteiger charge is -1.82. The van der Waals surface area contributed by atoms with Gasteiger partial charge in [0, 0.05) is 0 Å². The van der Waals surface area contributed by atoms with Gasteiger partial charge in [-0.25, -0.2) is 0 Å². The van der Waals surface area contributed by atoms with Crippen LogP contribution in [0.5, 0.6) is 0 Å². The molecule has 0 heteroatoms. The highest BCUT2D eigenvalue weighted by molar-refractivity contribution is 5.08. The summed E-state index contributed by atoms with van der Waals surface area (Å²) in [6.45, 7) is 5.62. The standard InChI is InChI=1S/C11H16/c1-3-5-7-9-11-10-8-6-4-2/h3-7,9,11H,1,8,10H2,2H3/b6-4-,7-5+,11-9-. The Labute approximate surface area is 69.6 Å². The summed E-state index contributed by atoms with van der Waals surface area (Å²) in [7, 11) is 0. The number of unbranched alkanes of at least 4 members (excludes halogenated alkanes) is 1. The van der Waals surface area contributed by atoms with E-state index < -0.39 is 0 Å². The Hall–Kier alpha value is -1.04. The summed E-state index contributed by atoms with van der Waals surface area (Å²) in [5.74, 6) is 0. The number of rotatable bonds is 5. The normalized spacial score (nSPS) is 12.1. The molecule has 0 saturated carbocycles. The van der Waals surface area contributed by atoms with Gasteiger partial charge in [-0.1, -0.05) is 49.1 Å². The van der Waals surface area contributed by atoms with Gasteiger partial charge in [0.2, 0.25) is 0 Å². The van der Waals surface area contributed by atoms with Crippen LogP contribution in [-0.2, 0) is 0 Å². The van der Waals surface area contributed by atoms with Gasteiger partial charge in [0.15, 0.2) is 0 Å². The van der Waals surface area contributed by atoms with Crippen molar-refractivity contribution in [3.8, 4) is 0 Å². The quantitative estimate of drug-likeness (QED) is 0.317. The zero-order valence-electron chi connectivity index (χ0n) is 7.16. The van der Waals surface area contributed by atoms with Crippen LogP contribution >= 0.6 is 0 Å². The van der Waals surface area contributed by atoms with Gasteiger partial charge in [-0.05, 0) is 19.8 Å².